The van der Waals surface area contributed by atoms with Crippen LogP contribution in [0.5, 0.6) is 0 Å². The Balaban J connectivity index is 1.51. The quantitative estimate of drug-likeness (QED) is 0.575. The fourth-order valence-electron chi connectivity index (χ4n) is 3.70. The fourth-order valence-corrected chi connectivity index (χ4v) is 3.70. The van der Waals surface area contributed by atoms with Crippen molar-refractivity contribution in [3.63, 3.8) is 0 Å². The van der Waals surface area contributed by atoms with E-state index in [2.05, 4.69) is 16.2 Å². The molecule has 1 aromatic carbocycles. The summed E-state index contributed by atoms with van der Waals surface area (Å²) in [5.41, 5.74) is 7.37. The van der Waals surface area contributed by atoms with Gasteiger partial charge < -0.3 is 10.4 Å². The molecule has 1 heterocycles. The zero-order valence-electron chi connectivity index (χ0n) is 14.4. The Hall–Kier alpha value is -1.96. The average molecular weight is 346 g/mol. The van der Waals surface area contributed by atoms with Crippen molar-refractivity contribution in [2.45, 2.75) is 37.9 Å². The van der Waals surface area contributed by atoms with Crippen LogP contribution in [0.2, 0.25) is 0 Å². The zero-order chi connectivity index (χ0) is 17.8. The first-order valence-electron chi connectivity index (χ1n) is 8.88. The molecular formula is C18H26N4O3. The minimum Gasteiger partial charge on any atom is -0.480 e. The van der Waals surface area contributed by atoms with Crippen LogP contribution in [0, 0.1) is 5.92 Å². The second kappa shape index (κ2) is 7.95. The molecule has 1 saturated heterocycles. The number of carbonyl (C=O) groups excluding carboxylic acids is 1. The van der Waals surface area contributed by atoms with Gasteiger partial charge in [-0.3, -0.25) is 19.9 Å². The standard InChI is InChI=1S/C18H26N4O3/c1-2-22(11-16(23)24)14-8-13(9-14)20-18(25)15-10-19-21-17(15)12-6-4-3-5-7-12/h3-7,13-15,17,19,21H,2,8-11H2,1H3,(H,20,25)(H,23,24). The minimum atomic E-state index is -0.803. The van der Waals surface area contributed by atoms with Crippen molar-refractivity contribution in [1.29, 1.82) is 0 Å². The van der Waals surface area contributed by atoms with Crippen molar-refractivity contribution in [2.75, 3.05) is 19.6 Å². The summed E-state index contributed by atoms with van der Waals surface area (Å²) in [4.78, 5) is 25.5. The highest BCUT2D eigenvalue weighted by molar-refractivity contribution is 5.80. The molecule has 25 heavy (non-hydrogen) atoms. The van der Waals surface area contributed by atoms with Crippen molar-refractivity contribution in [1.82, 2.24) is 21.1 Å². The number of nitrogens with one attached hydrogen (secondary N) is 3. The number of likely N-dealkylation sites (N-methyl/N-ethyl adjacent to an activating group) is 1. The van der Waals surface area contributed by atoms with Gasteiger partial charge in [0, 0.05) is 18.6 Å². The summed E-state index contributed by atoms with van der Waals surface area (Å²) < 4.78 is 0. The Kier molecular flexibility index (Phi) is 5.67. The van der Waals surface area contributed by atoms with Crippen molar-refractivity contribution in [3.8, 4) is 0 Å². The van der Waals surface area contributed by atoms with E-state index in [1.165, 1.54) is 0 Å². The molecular weight excluding hydrogens is 320 g/mol. The van der Waals surface area contributed by atoms with Gasteiger partial charge in [0.05, 0.1) is 18.5 Å². The number of nitrogens with zero attached hydrogens (tertiary/aromatic N) is 1. The molecule has 1 saturated carbocycles. The van der Waals surface area contributed by atoms with E-state index in [9.17, 15) is 9.59 Å². The third-order valence-corrected chi connectivity index (χ3v) is 5.20. The number of hydrazine groups is 1. The van der Waals surface area contributed by atoms with E-state index in [-0.39, 0.29) is 36.5 Å². The van der Waals surface area contributed by atoms with Gasteiger partial charge in [-0.2, -0.15) is 0 Å². The van der Waals surface area contributed by atoms with Crippen molar-refractivity contribution >= 4 is 11.9 Å². The Bertz CT molecular complexity index is 604. The molecule has 1 aliphatic heterocycles. The number of aliphatic carboxylic acids is 1. The molecule has 2 fully saturated rings. The summed E-state index contributed by atoms with van der Waals surface area (Å²) in [5, 5.41) is 12.1. The molecule has 0 aromatic heterocycles. The van der Waals surface area contributed by atoms with Crippen LogP contribution >= 0.6 is 0 Å². The van der Waals surface area contributed by atoms with Crippen LogP contribution in [0.25, 0.3) is 0 Å². The first kappa shape index (κ1) is 17.8. The lowest BCUT2D eigenvalue weighted by Gasteiger charge is -2.42. The van der Waals surface area contributed by atoms with Gasteiger partial charge in [0.15, 0.2) is 0 Å². The minimum absolute atomic E-state index is 0.0313. The molecule has 1 aromatic rings. The highest BCUT2D eigenvalue weighted by Crippen LogP contribution is 2.28. The second-order valence-corrected chi connectivity index (χ2v) is 6.81. The predicted molar refractivity (Wildman–Crippen MR) is 93.6 cm³/mol. The van der Waals surface area contributed by atoms with E-state index in [1.807, 2.05) is 42.2 Å². The van der Waals surface area contributed by atoms with Gasteiger partial charge in [-0.05, 0) is 24.9 Å². The number of hydrogen-bond donors (Lipinski definition) is 4. The van der Waals surface area contributed by atoms with E-state index in [0.717, 1.165) is 18.4 Å². The monoisotopic (exact) mass is 346 g/mol. The third kappa shape index (κ3) is 4.18. The van der Waals surface area contributed by atoms with E-state index < -0.39 is 5.97 Å². The fraction of sp³-hybridized carbons (Fsp3) is 0.556. The molecule has 0 radical (unpaired) electrons. The van der Waals surface area contributed by atoms with Crippen molar-refractivity contribution < 1.29 is 14.7 Å². The van der Waals surface area contributed by atoms with Gasteiger partial charge in [-0.1, -0.05) is 37.3 Å². The molecule has 0 spiro atoms. The smallest absolute Gasteiger partial charge is 0.317 e. The summed E-state index contributed by atoms with van der Waals surface area (Å²) in [6.07, 6.45) is 1.63. The van der Waals surface area contributed by atoms with Gasteiger partial charge >= 0.3 is 5.97 Å². The van der Waals surface area contributed by atoms with Gasteiger partial charge in [0.2, 0.25) is 5.91 Å². The lowest BCUT2D eigenvalue weighted by atomic mass is 9.84. The van der Waals surface area contributed by atoms with Crippen LogP contribution in [0.15, 0.2) is 30.3 Å². The van der Waals surface area contributed by atoms with Crippen LogP contribution in [-0.2, 0) is 9.59 Å². The lowest BCUT2D eigenvalue weighted by Crippen LogP contribution is -2.56. The number of amides is 1. The van der Waals surface area contributed by atoms with E-state index in [0.29, 0.717) is 13.1 Å². The molecule has 136 valence electrons. The zero-order valence-corrected chi connectivity index (χ0v) is 14.4. The number of carboxylic acid groups (broad SMARTS) is 1. The molecule has 2 unspecified atom stereocenters. The van der Waals surface area contributed by atoms with E-state index >= 15 is 0 Å². The predicted octanol–water partition coefficient (Wildman–Crippen LogP) is 0.505. The summed E-state index contributed by atoms with van der Waals surface area (Å²) in [6, 6.07) is 10.3. The SMILES string of the molecule is CCN(CC(=O)O)C1CC(NC(=O)C2CNNC2c2ccccc2)C1. The highest BCUT2D eigenvalue weighted by Gasteiger charge is 2.39. The van der Waals surface area contributed by atoms with Gasteiger partial charge in [-0.15, -0.1) is 0 Å². The Morgan fingerprint density at radius 1 is 1.28 bits per heavy atom. The maximum Gasteiger partial charge on any atom is 0.317 e. The number of carboxylic acids is 1. The molecule has 3 rings (SSSR count). The first-order chi connectivity index (χ1) is 12.1. The summed E-state index contributed by atoms with van der Waals surface area (Å²) in [5.74, 6) is -0.901. The van der Waals surface area contributed by atoms with Crippen LogP contribution in [0.1, 0.15) is 31.4 Å². The normalized spacial score (nSPS) is 28.6. The lowest BCUT2D eigenvalue weighted by molar-refractivity contribution is -0.140. The Morgan fingerprint density at radius 2 is 2.00 bits per heavy atom. The molecule has 1 aliphatic carbocycles. The first-order valence-corrected chi connectivity index (χ1v) is 8.88. The number of benzene rings is 1. The van der Waals surface area contributed by atoms with Crippen LogP contribution in [-0.4, -0.2) is 53.6 Å². The largest absolute Gasteiger partial charge is 0.480 e. The molecule has 7 heteroatoms. The molecule has 2 aliphatic rings. The summed E-state index contributed by atoms with van der Waals surface area (Å²) in [7, 11) is 0. The molecule has 1 amide bonds. The number of hydrogen-bond acceptors (Lipinski definition) is 5. The number of rotatable bonds is 7. The second-order valence-electron chi connectivity index (χ2n) is 6.81. The topological polar surface area (TPSA) is 93.7 Å². The van der Waals surface area contributed by atoms with Crippen LogP contribution in [0.3, 0.4) is 0 Å². The van der Waals surface area contributed by atoms with Gasteiger partial charge in [-0.25, -0.2) is 5.43 Å². The van der Waals surface area contributed by atoms with Gasteiger partial charge in [0.25, 0.3) is 0 Å². The Morgan fingerprint density at radius 3 is 2.64 bits per heavy atom. The van der Waals surface area contributed by atoms with Crippen LogP contribution in [0.4, 0.5) is 0 Å². The van der Waals surface area contributed by atoms with E-state index in [1.54, 1.807) is 0 Å². The molecule has 7 nitrogen and oxygen atoms in total. The van der Waals surface area contributed by atoms with E-state index in [4.69, 9.17) is 5.11 Å². The molecule has 4 N–H and O–H groups in total. The third-order valence-electron chi connectivity index (χ3n) is 5.20. The maximum atomic E-state index is 12.7. The molecule has 2 atom stereocenters. The number of carbonyl (C=O) groups is 2. The highest BCUT2D eigenvalue weighted by atomic mass is 16.4. The summed E-state index contributed by atoms with van der Waals surface area (Å²) in [6.45, 7) is 3.34. The molecule has 0 bridgehead atoms. The van der Waals surface area contributed by atoms with Crippen molar-refractivity contribution in [2.24, 2.45) is 5.92 Å². The maximum absolute atomic E-state index is 12.7. The summed E-state index contributed by atoms with van der Waals surface area (Å²) >= 11 is 0. The van der Waals surface area contributed by atoms with Gasteiger partial charge in [0.1, 0.15) is 0 Å². The van der Waals surface area contributed by atoms with Crippen molar-refractivity contribution in [3.05, 3.63) is 35.9 Å². The van der Waals surface area contributed by atoms with Crippen LogP contribution < -0.4 is 16.2 Å². The Labute approximate surface area is 147 Å². The average Bonchev–Trinajstić information content (AvgIpc) is 3.06.